The molecule has 564 valence electrons. The number of H-pyrrole nitrogens is 4. The smallest absolute Gasteiger partial charge is 0.326 e. The van der Waals surface area contributed by atoms with Crippen LogP contribution in [-0.2, 0) is 83.2 Å². The molecule has 4 aromatic heterocycles. The Morgan fingerprint density at radius 1 is 0.524 bits per heavy atom. The number of aromatic nitrogens is 6. The van der Waals surface area contributed by atoms with Gasteiger partial charge in [-0.3, -0.25) is 57.7 Å². The fourth-order valence-corrected chi connectivity index (χ4v) is 13.4. The maximum atomic E-state index is 15.0. The van der Waals surface area contributed by atoms with Gasteiger partial charge in [0.25, 0.3) is 0 Å². The molecule has 0 unspecified atom stereocenters. The maximum Gasteiger partial charge on any atom is 0.326 e. The third-order valence-corrected chi connectivity index (χ3v) is 19.1. The first-order valence-electron chi connectivity index (χ1n) is 35.0. The number of nitrogens with two attached hydrogens (primary N) is 3. The highest BCUT2D eigenvalue weighted by atomic mass is 16.4. The summed E-state index contributed by atoms with van der Waals surface area (Å²) < 4.78 is 0. The van der Waals surface area contributed by atoms with Crippen LogP contribution in [0.5, 0.6) is 0 Å². The third-order valence-electron chi connectivity index (χ3n) is 19.1. The number of benzene rings is 2. The van der Waals surface area contributed by atoms with Gasteiger partial charge in [-0.15, -0.1) is 0 Å². The maximum absolute atomic E-state index is 15.0. The van der Waals surface area contributed by atoms with Crippen molar-refractivity contribution in [3.05, 3.63) is 108 Å². The van der Waals surface area contributed by atoms with Crippen molar-refractivity contribution in [1.82, 2.24) is 87.1 Å². The first kappa shape index (κ1) is 77.9. The second-order valence-corrected chi connectivity index (χ2v) is 26.8. The van der Waals surface area contributed by atoms with Gasteiger partial charge in [0.1, 0.15) is 72.5 Å². The van der Waals surface area contributed by atoms with Crippen LogP contribution in [0, 0.1) is 5.92 Å². The van der Waals surface area contributed by atoms with E-state index < -0.39 is 163 Å². The number of imidazole rings is 2. The van der Waals surface area contributed by atoms with E-state index in [2.05, 4.69) is 77.4 Å². The normalized spacial score (nSPS) is 18.4. The Hall–Kier alpha value is -11.3. The van der Waals surface area contributed by atoms with Crippen molar-refractivity contribution < 1.29 is 72.9 Å². The number of aliphatic carboxylic acids is 1. The molecule has 3 aliphatic heterocycles. The van der Waals surface area contributed by atoms with E-state index in [-0.39, 0.29) is 96.3 Å². The number of carbonyl (C=O) groups excluding carboxylic acids is 11. The molecule has 9 rings (SSSR count). The summed E-state index contributed by atoms with van der Waals surface area (Å²) >= 11 is 0. The lowest BCUT2D eigenvalue weighted by Crippen LogP contribution is -2.61. The van der Waals surface area contributed by atoms with E-state index in [1.165, 1.54) is 41.8 Å². The van der Waals surface area contributed by atoms with E-state index in [1.807, 2.05) is 24.3 Å². The minimum Gasteiger partial charge on any atom is -0.480 e. The molecule has 0 saturated carbocycles. The quantitative estimate of drug-likeness (QED) is 0.0104. The molecule has 0 aliphatic carbocycles. The number of fused-ring (bicyclic) bond motifs is 2. The molecule has 21 N–H and O–H groups in total. The van der Waals surface area contributed by atoms with Gasteiger partial charge < -0.3 is 110 Å². The predicted octanol–water partition coefficient (Wildman–Crippen LogP) is -3.66. The lowest BCUT2D eigenvalue weighted by atomic mass is 10.0. The zero-order valence-corrected chi connectivity index (χ0v) is 58.5. The fraction of sp³-hybridized carbons (Fsp3) is 0.493. The molecule has 6 aromatic rings. The number of para-hydroxylation sites is 2. The topological polar surface area (TPSA) is 551 Å². The molecule has 105 heavy (non-hydrogen) atoms. The van der Waals surface area contributed by atoms with E-state index in [9.17, 15) is 68.1 Å². The van der Waals surface area contributed by atoms with E-state index in [0.29, 0.717) is 46.3 Å². The second kappa shape index (κ2) is 36.2. The number of carbonyl (C=O) groups is 12. The molecular formula is C69H93N21O15. The van der Waals surface area contributed by atoms with Crippen LogP contribution in [0.15, 0.2) is 91.0 Å². The van der Waals surface area contributed by atoms with Gasteiger partial charge in [0.05, 0.1) is 25.9 Å². The number of hydrogen-bond acceptors (Lipinski definition) is 18. The van der Waals surface area contributed by atoms with Crippen LogP contribution in [0.25, 0.3) is 21.8 Å². The molecule has 0 radical (unpaired) electrons. The fourth-order valence-electron chi connectivity index (χ4n) is 13.4. The number of aliphatic hydroxyl groups excluding tert-OH is 2. The Morgan fingerprint density at radius 3 is 1.43 bits per heavy atom. The van der Waals surface area contributed by atoms with Crippen LogP contribution in [0.4, 0.5) is 0 Å². The number of likely N-dealkylation sites (tertiary alicyclic amines) is 3. The average Bonchev–Trinajstić information content (AvgIpc) is 1.71. The molecule has 3 aliphatic rings. The highest BCUT2D eigenvalue weighted by molar-refractivity contribution is 6.00. The number of aromatic amines is 4. The predicted molar refractivity (Wildman–Crippen MR) is 378 cm³/mol. The number of guanidine groups is 1. The number of rotatable bonds is 35. The van der Waals surface area contributed by atoms with Gasteiger partial charge in [-0.25, -0.2) is 14.8 Å². The minimum atomic E-state index is -1.68. The Kier molecular flexibility index (Phi) is 26.9. The summed E-state index contributed by atoms with van der Waals surface area (Å²) in [5.41, 5.74) is 20.7. The van der Waals surface area contributed by atoms with Gasteiger partial charge in [0.15, 0.2) is 5.96 Å². The summed E-state index contributed by atoms with van der Waals surface area (Å²) in [6.45, 7) is 3.05. The molecule has 3 fully saturated rings. The molecule has 7 heterocycles. The van der Waals surface area contributed by atoms with Gasteiger partial charge in [0, 0.05) is 110 Å². The molecule has 0 bridgehead atoms. The highest BCUT2D eigenvalue weighted by Gasteiger charge is 2.44. The molecule has 36 nitrogen and oxygen atoms in total. The van der Waals surface area contributed by atoms with Crippen molar-refractivity contribution in [2.24, 2.45) is 28.1 Å². The zero-order valence-electron chi connectivity index (χ0n) is 58.5. The van der Waals surface area contributed by atoms with Gasteiger partial charge in [0.2, 0.25) is 65.0 Å². The number of carboxylic acid groups (broad SMARTS) is 1. The van der Waals surface area contributed by atoms with Crippen LogP contribution in [0.2, 0.25) is 0 Å². The summed E-state index contributed by atoms with van der Waals surface area (Å²) in [4.78, 5) is 198. The summed E-state index contributed by atoms with van der Waals surface area (Å²) in [5, 5.41) is 53.1. The van der Waals surface area contributed by atoms with Crippen molar-refractivity contribution in [3.8, 4) is 0 Å². The number of hydrogen-bond donors (Lipinski definition) is 18. The van der Waals surface area contributed by atoms with E-state index >= 15 is 4.79 Å². The monoisotopic (exact) mass is 1460 g/mol. The van der Waals surface area contributed by atoms with Gasteiger partial charge in [-0.05, 0) is 87.5 Å². The van der Waals surface area contributed by atoms with Crippen LogP contribution >= 0.6 is 0 Å². The molecule has 3 saturated heterocycles. The molecule has 2 aromatic carbocycles. The summed E-state index contributed by atoms with van der Waals surface area (Å²) in [5.74, 6) is -10.8. The van der Waals surface area contributed by atoms with Crippen LogP contribution in [0.1, 0.15) is 94.7 Å². The Bertz CT molecular complexity index is 4100. The van der Waals surface area contributed by atoms with Crippen molar-refractivity contribution in [3.63, 3.8) is 0 Å². The molecular weight excluding hydrogens is 1360 g/mol. The Morgan fingerprint density at radius 2 is 0.952 bits per heavy atom. The van der Waals surface area contributed by atoms with Crippen molar-refractivity contribution in [1.29, 1.82) is 0 Å². The number of aliphatic hydroxyl groups is 2. The number of nitrogens with one attached hydrogen (secondary N) is 12. The van der Waals surface area contributed by atoms with Crippen LogP contribution in [0.3, 0.4) is 0 Å². The standard InChI is InChI=1S/C69H93N21O15/c1-36(2)56(68(104)105)87-64(100)55-19-11-22-89(55)66(102)51(27-41-31-74-35-79-41)85-59(95)47(16-8-20-75-69(71)72)81-61(97)48(24-38-28-76-45-14-6-4-12-42(38)45)82-62(98)54-18-10-23-90(54)67(103)52(33-92)86-57(93)37(3)80-60(96)49(26-40-30-73-34-78-40)83-63(99)53-17-9-21-88(53)65(101)50(84-58(94)44(70)32-91)25-39-29-77-46-15-7-5-13-43(39)46/h4-7,12-15,28-31,34-37,44,47-56,76-77,91-92H,8-11,16-27,32-33,70H2,1-3H3,(H,73,78)(H,74,79)(H,80,96)(H,81,97)(H,82,98)(H,83,99)(H,84,94)(H,85,95)(H,86,93)(H,87,100)(H,104,105)(H4,71,72,75)/t37-,44-,47-,48-,49-,50-,51-,52-,53-,54-,55-,56-/m0/s1. The van der Waals surface area contributed by atoms with Crippen molar-refractivity contribution in [2.75, 3.05) is 39.4 Å². The molecule has 36 heteroatoms. The van der Waals surface area contributed by atoms with Crippen molar-refractivity contribution in [2.45, 2.75) is 170 Å². The molecule has 12 atom stereocenters. The average molecular weight is 1460 g/mol. The van der Waals surface area contributed by atoms with Gasteiger partial charge >= 0.3 is 5.97 Å². The largest absolute Gasteiger partial charge is 0.480 e. The third kappa shape index (κ3) is 19.9. The van der Waals surface area contributed by atoms with Crippen LogP contribution in [-0.4, -0.2) is 249 Å². The Balaban J connectivity index is 0.879. The number of nitrogens with zero attached hydrogens (tertiary/aromatic N) is 6. The number of aliphatic imine (C=N–C) groups is 1. The molecule has 11 amide bonds. The number of amides is 11. The van der Waals surface area contributed by atoms with E-state index in [1.54, 1.807) is 50.5 Å². The first-order chi connectivity index (χ1) is 50.3. The summed E-state index contributed by atoms with van der Waals surface area (Å²) in [6, 6.07) is -1.64. The molecule has 0 spiro atoms. The summed E-state index contributed by atoms with van der Waals surface area (Å²) in [7, 11) is 0. The van der Waals surface area contributed by atoms with E-state index in [0.717, 1.165) is 15.8 Å². The highest BCUT2D eigenvalue weighted by Crippen LogP contribution is 2.27. The summed E-state index contributed by atoms with van der Waals surface area (Å²) in [6.07, 6.45) is 9.87. The lowest BCUT2D eigenvalue weighted by Gasteiger charge is -2.31. The first-order valence-corrected chi connectivity index (χ1v) is 35.0. The van der Waals surface area contributed by atoms with Gasteiger partial charge in [-0.1, -0.05) is 50.2 Å². The van der Waals surface area contributed by atoms with E-state index in [4.69, 9.17) is 17.2 Å². The number of carboxylic acids is 1. The van der Waals surface area contributed by atoms with Gasteiger partial charge in [-0.2, -0.15) is 0 Å². The van der Waals surface area contributed by atoms with Crippen molar-refractivity contribution >= 4 is 98.7 Å². The lowest BCUT2D eigenvalue weighted by molar-refractivity contribution is -0.146. The Labute approximate surface area is 602 Å². The SMILES string of the molecule is CC(C)[C@H](NC(=O)[C@@H]1CCCN1C(=O)[C@H](Cc1cnc[nH]1)NC(=O)[C@H](CCCN=C(N)N)NC(=O)[C@H](Cc1c[nH]c2ccccc12)NC(=O)[C@@H]1CCCN1C(=O)[C@H](CO)NC(=O)[C@H](C)NC(=O)[C@H](Cc1cnc[nH]1)NC(=O)[C@@H]1CCCN1C(=O)[C@H](Cc1c[nH]c2ccccc12)NC(=O)[C@@H](N)CO)C(=O)O. The second-order valence-electron chi connectivity index (χ2n) is 26.8. The minimum absolute atomic E-state index is 0.00457. The van der Waals surface area contributed by atoms with Crippen LogP contribution < -0.4 is 59.7 Å². The zero-order chi connectivity index (χ0) is 75.6.